The zero-order valence-electron chi connectivity index (χ0n) is 10.7. The Kier molecular flexibility index (Phi) is 5.08. The van der Waals surface area contributed by atoms with Gasteiger partial charge >= 0.3 is 12.1 Å². The quantitative estimate of drug-likeness (QED) is 0.828. The van der Waals surface area contributed by atoms with Crippen LogP contribution in [0.5, 0.6) is 0 Å². The monoisotopic (exact) mass is 295 g/mol. The molecular weight excluding hydrogens is 281 g/mol. The predicted octanol–water partition coefficient (Wildman–Crippen LogP) is 3.49. The van der Waals surface area contributed by atoms with Crippen LogP contribution >= 0.6 is 0 Å². The van der Waals surface area contributed by atoms with Crippen LogP contribution in [0.3, 0.4) is 0 Å². The number of hydrogen-bond acceptors (Lipinski definition) is 1. The van der Waals surface area contributed by atoms with Crippen molar-refractivity contribution >= 4 is 5.91 Å². The van der Waals surface area contributed by atoms with E-state index in [0.29, 0.717) is 0 Å². The third-order valence-electron chi connectivity index (χ3n) is 2.87. The smallest absolute Gasteiger partial charge is 0.351 e. The molecule has 0 aromatic heterocycles. The molecule has 0 spiro atoms. The van der Waals surface area contributed by atoms with Crippen LogP contribution in [0.4, 0.5) is 22.0 Å². The number of amides is 1. The summed E-state index contributed by atoms with van der Waals surface area (Å²) in [7, 11) is 0. The molecule has 1 amide bonds. The van der Waals surface area contributed by atoms with Gasteiger partial charge in [-0.25, -0.2) is 0 Å². The zero-order chi connectivity index (χ0) is 15.4. The summed E-state index contributed by atoms with van der Waals surface area (Å²) in [5.74, 6) is -7.73. The van der Waals surface area contributed by atoms with E-state index in [0.717, 1.165) is 5.56 Å². The molecule has 20 heavy (non-hydrogen) atoms. The van der Waals surface area contributed by atoms with Crippen molar-refractivity contribution in [3.63, 3.8) is 0 Å². The normalized spacial score (nSPS) is 13.9. The fourth-order valence-corrected chi connectivity index (χ4v) is 1.59. The third-order valence-corrected chi connectivity index (χ3v) is 2.87. The van der Waals surface area contributed by atoms with E-state index in [9.17, 15) is 26.7 Å². The van der Waals surface area contributed by atoms with E-state index in [1.165, 1.54) is 0 Å². The standard InChI is InChI=1S/C13H14F5NO/c1-9(10-5-3-2-4-6-10)7-8-19-11(20)12(14,15)13(16,17)18/h2-6,9H,7-8H2,1H3,(H,19,20). The van der Waals surface area contributed by atoms with Crippen LogP contribution in [0.1, 0.15) is 24.8 Å². The lowest BCUT2D eigenvalue weighted by Gasteiger charge is -2.19. The zero-order valence-corrected chi connectivity index (χ0v) is 10.7. The molecule has 2 nitrogen and oxygen atoms in total. The molecule has 0 bridgehead atoms. The van der Waals surface area contributed by atoms with Gasteiger partial charge in [-0.05, 0) is 17.9 Å². The van der Waals surface area contributed by atoms with Gasteiger partial charge in [-0.15, -0.1) is 0 Å². The second kappa shape index (κ2) is 6.19. The van der Waals surface area contributed by atoms with E-state index >= 15 is 0 Å². The number of carbonyl (C=O) groups excluding carboxylic acids is 1. The molecule has 0 aliphatic heterocycles. The van der Waals surface area contributed by atoms with Gasteiger partial charge in [0.15, 0.2) is 0 Å². The summed E-state index contributed by atoms with van der Waals surface area (Å²) in [5.41, 5.74) is 0.921. The van der Waals surface area contributed by atoms with Gasteiger partial charge in [0.2, 0.25) is 0 Å². The van der Waals surface area contributed by atoms with Crippen molar-refractivity contribution in [2.75, 3.05) is 6.54 Å². The number of carbonyl (C=O) groups is 1. The Bertz CT molecular complexity index is 444. The SMILES string of the molecule is CC(CCNC(=O)C(F)(F)C(F)(F)F)c1ccccc1. The average molecular weight is 295 g/mol. The first kappa shape index (κ1) is 16.4. The lowest BCUT2D eigenvalue weighted by atomic mass is 9.98. The van der Waals surface area contributed by atoms with Gasteiger partial charge in [-0.1, -0.05) is 37.3 Å². The van der Waals surface area contributed by atoms with Gasteiger partial charge in [0.05, 0.1) is 0 Å². The number of hydrogen-bond donors (Lipinski definition) is 1. The number of alkyl halides is 5. The summed E-state index contributed by atoms with van der Waals surface area (Å²) in [5, 5.41) is 1.62. The van der Waals surface area contributed by atoms with E-state index in [-0.39, 0.29) is 18.9 Å². The van der Waals surface area contributed by atoms with Crippen molar-refractivity contribution in [2.24, 2.45) is 0 Å². The lowest BCUT2D eigenvalue weighted by molar-refractivity contribution is -0.269. The lowest BCUT2D eigenvalue weighted by Crippen LogP contribution is -2.50. The van der Waals surface area contributed by atoms with Crippen molar-refractivity contribution < 1.29 is 26.7 Å². The molecule has 0 aliphatic rings. The highest BCUT2D eigenvalue weighted by atomic mass is 19.4. The molecule has 1 aromatic rings. The largest absolute Gasteiger partial charge is 0.463 e. The van der Waals surface area contributed by atoms with Gasteiger partial charge < -0.3 is 5.32 Å². The maximum Gasteiger partial charge on any atom is 0.463 e. The van der Waals surface area contributed by atoms with E-state index in [1.807, 2.05) is 18.2 Å². The minimum absolute atomic E-state index is 0.0593. The first-order chi connectivity index (χ1) is 9.16. The molecule has 1 rings (SSSR count). The summed E-state index contributed by atoms with van der Waals surface area (Å²) in [6, 6.07) is 9.03. The second-order valence-electron chi connectivity index (χ2n) is 4.43. The fraction of sp³-hybridized carbons (Fsp3) is 0.462. The molecule has 7 heteroatoms. The van der Waals surface area contributed by atoms with E-state index in [4.69, 9.17) is 0 Å². The van der Waals surface area contributed by atoms with Gasteiger partial charge in [-0.2, -0.15) is 22.0 Å². The van der Waals surface area contributed by atoms with E-state index in [2.05, 4.69) is 0 Å². The van der Waals surface area contributed by atoms with E-state index in [1.54, 1.807) is 24.4 Å². The number of rotatable bonds is 5. The number of halogens is 5. The molecule has 0 radical (unpaired) electrons. The van der Waals surface area contributed by atoms with Gasteiger partial charge in [0.1, 0.15) is 0 Å². The highest BCUT2D eigenvalue weighted by Crippen LogP contribution is 2.35. The van der Waals surface area contributed by atoms with Gasteiger partial charge in [-0.3, -0.25) is 4.79 Å². The summed E-state index contributed by atoms with van der Waals surface area (Å²) in [6.07, 6.45) is -5.61. The molecule has 0 aliphatic carbocycles. The Labute approximate surface area is 113 Å². The van der Waals surface area contributed by atoms with Gasteiger partial charge in [0.25, 0.3) is 5.91 Å². The van der Waals surface area contributed by atoms with E-state index < -0.39 is 18.0 Å². The third kappa shape index (κ3) is 3.91. The molecule has 1 aromatic carbocycles. The molecule has 112 valence electrons. The highest BCUT2D eigenvalue weighted by Gasteiger charge is 2.63. The maximum absolute atomic E-state index is 12.6. The van der Waals surface area contributed by atoms with Crippen molar-refractivity contribution in [1.82, 2.24) is 5.32 Å². The maximum atomic E-state index is 12.6. The van der Waals surface area contributed by atoms with Crippen LogP contribution in [0.25, 0.3) is 0 Å². The predicted molar refractivity (Wildman–Crippen MR) is 63.5 cm³/mol. The molecular formula is C13H14F5NO. The molecule has 1 unspecified atom stereocenters. The Morgan fingerprint density at radius 2 is 1.70 bits per heavy atom. The molecule has 0 heterocycles. The summed E-state index contributed by atoms with van der Waals surface area (Å²) < 4.78 is 61.0. The molecule has 1 N–H and O–H groups in total. The van der Waals surface area contributed by atoms with Crippen molar-refractivity contribution in [3.8, 4) is 0 Å². The summed E-state index contributed by atoms with van der Waals surface area (Å²) >= 11 is 0. The van der Waals surface area contributed by atoms with Crippen LogP contribution < -0.4 is 5.32 Å². The molecule has 0 saturated heterocycles. The van der Waals surface area contributed by atoms with Crippen LogP contribution in [0, 0.1) is 0 Å². The fourth-order valence-electron chi connectivity index (χ4n) is 1.59. The van der Waals surface area contributed by atoms with Crippen LogP contribution in [-0.4, -0.2) is 24.6 Å². The van der Waals surface area contributed by atoms with Crippen LogP contribution in [0.15, 0.2) is 30.3 Å². The molecule has 0 saturated carbocycles. The number of benzene rings is 1. The summed E-state index contributed by atoms with van der Waals surface area (Å²) in [6.45, 7) is 1.55. The summed E-state index contributed by atoms with van der Waals surface area (Å²) in [4.78, 5) is 10.8. The molecule has 0 fully saturated rings. The van der Waals surface area contributed by atoms with Crippen molar-refractivity contribution in [3.05, 3.63) is 35.9 Å². The molecule has 1 atom stereocenters. The van der Waals surface area contributed by atoms with Crippen molar-refractivity contribution in [2.45, 2.75) is 31.4 Å². The van der Waals surface area contributed by atoms with Crippen LogP contribution in [0.2, 0.25) is 0 Å². The Hall–Kier alpha value is -1.66. The van der Waals surface area contributed by atoms with Crippen LogP contribution in [-0.2, 0) is 4.79 Å². The Morgan fingerprint density at radius 1 is 1.15 bits per heavy atom. The minimum atomic E-state index is -5.87. The Balaban J connectivity index is 2.47. The second-order valence-corrected chi connectivity index (χ2v) is 4.43. The van der Waals surface area contributed by atoms with Gasteiger partial charge in [0, 0.05) is 6.54 Å². The first-order valence-electron chi connectivity index (χ1n) is 5.94. The highest BCUT2D eigenvalue weighted by molar-refractivity contribution is 5.84. The number of nitrogens with one attached hydrogen (secondary N) is 1. The average Bonchev–Trinajstić information content (AvgIpc) is 2.38. The Morgan fingerprint density at radius 3 is 2.20 bits per heavy atom. The first-order valence-corrected chi connectivity index (χ1v) is 5.94. The topological polar surface area (TPSA) is 29.1 Å². The minimum Gasteiger partial charge on any atom is -0.351 e. The van der Waals surface area contributed by atoms with Crippen molar-refractivity contribution in [1.29, 1.82) is 0 Å².